The van der Waals surface area contributed by atoms with Gasteiger partial charge in [0.25, 0.3) is 21.7 Å². The molecule has 0 bridgehead atoms. The van der Waals surface area contributed by atoms with Gasteiger partial charge in [0.2, 0.25) is 0 Å². The zero-order valence-corrected chi connectivity index (χ0v) is 27.3. The van der Waals surface area contributed by atoms with Gasteiger partial charge in [-0.3, -0.25) is 19.2 Å². The number of ketones is 1. The highest BCUT2D eigenvalue weighted by molar-refractivity contribution is 7.92. The maximum absolute atomic E-state index is 13.7. The maximum atomic E-state index is 13.7. The van der Waals surface area contributed by atoms with E-state index in [2.05, 4.69) is 14.9 Å². The summed E-state index contributed by atoms with van der Waals surface area (Å²) in [7, 11) is -2.61. The van der Waals surface area contributed by atoms with E-state index in [1.807, 2.05) is 32.9 Å². The van der Waals surface area contributed by atoms with Gasteiger partial charge in [0, 0.05) is 30.6 Å². The van der Waals surface area contributed by atoms with Crippen molar-refractivity contribution in [2.45, 2.75) is 31.1 Å². The molecule has 46 heavy (non-hydrogen) atoms. The molecule has 0 aromatic heterocycles. The summed E-state index contributed by atoms with van der Waals surface area (Å²) in [6, 6.07) is 21.9. The van der Waals surface area contributed by atoms with E-state index < -0.39 is 27.1 Å². The molecule has 4 aromatic rings. The number of sulfonamides is 1. The van der Waals surface area contributed by atoms with Crippen LogP contribution in [0.1, 0.15) is 36.7 Å². The van der Waals surface area contributed by atoms with E-state index in [-0.39, 0.29) is 27.6 Å². The number of methoxy groups -OCH3 is 1. The summed E-state index contributed by atoms with van der Waals surface area (Å²) >= 11 is 0. The van der Waals surface area contributed by atoms with E-state index in [0.717, 1.165) is 19.6 Å². The van der Waals surface area contributed by atoms with E-state index in [1.165, 1.54) is 19.2 Å². The first-order valence-electron chi connectivity index (χ1n) is 15.1. The molecule has 1 amide bonds. The largest absolute Gasteiger partial charge is 0.492 e. The molecule has 2 N–H and O–H groups in total. The average Bonchev–Trinajstić information content (AvgIpc) is 3.04. The second-order valence-electron chi connectivity index (χ2n) is 12.0. The predicted molar refractivity (Wildman–Crippen MR) is 179 cm³/mol. The summed E-state index contributed by atoms with van der Waals surface area (Å²) in [5.74, 6) is -0.962. The quantitative estimate of drug-likeness (QED) is 0.162. The first kappa shape index (κ1) is 32.9. The number of carbonyl (C=O) groups is 2. The number of morpholine rings is 1. The molecule has 0 radical (unpaired) electrons. The SMILES string of the molecule is COc1c(NC(=O)C(=O)c2ccc(OCCN3CCOCC3)c3ccccc23)cc(C(C)(C)C)cc1NS(=O)(=O)c1ccccc1. The molecule has 1 aliphatic rings. The van der Waals surface area contributed by atoms with E-state index in [1.54, 1.807) is 54.6 Å². The Morgan fingerprint density at radius 2 is 1.54 bits per heavy atom. The van der Waals surface area contributed by atoms with Crippen molar-refractivity contribution in [2.24, 2.45) is 0 Å². The molecule has 1 fully saturated rings. The lowest BCUT2D eigenvalue weighted by Gasteiger charge is -2.26. The monoisotopic (exact) mass is 645 g/mol. The Balaban J connectivity index is 1.42. The molecule has 10 nitrogen and oxygen atoms in total. The van der Waals surface area contributed by atoms with Crippen LogP contribution in [0.5, 0.6) is 11.5 Å². The van der Waals surface area contributed by atoms with Crippen molar-refractivity contribution in [3.63, 3.8) is 0 Å². The minimum absolute atomic E-state index is 0.0689. The smallest absolute Gasteiger partial charge is 0.296 e. The van der Waals surface area contributed by atoms with Gasteiger partial charge in [-0.05, 0) is 52.8 Å². The van der Waals surface area contributed by atoms with Gasteiger partial charge >= 0.3 is 0 Å². The van der Waals surface area contributed by atoms with Crippen molar-refractivity contribution in [2.75, 3.05) is 56.6 Å². The number of fused-ring (bicyclic) bond motifs is 1. The molecule has 0 atom stereocenters. The number of anilines is 2. The first-order chi connectivity index (χ1) is 22.0. The molecule has 4 aromatic carbocycles. The average molecular weight is 646 g/mol. The topological polar surface area (TPSA) is 123 Å². The van der Waals surface area contributed by atoms with Crippen molar-refractivity contribution in [3.8, 4) is 11.5 Å². The minimum atomic E-state index is -3.98. The molecule has 242 valence electrons. The van der Waals surface area contributed by atoms with Gasteiger partial charge in [-0.1, -0.05) is 63.2 Å². The maximum Gasteiger partial charge on any atom is 0.296 e. The van der Waals surface area contributed by atoms with Crippen LogP contribution < -0.4 is 19.5 Å². The Labute approximate surface area is 269 Å². The summed E-state index contributed by atoms with van der Waals surface area (Å²) in [6.07, 6.45) is 0. The molecule has 1 saturated heterocycles. The van der Waals surface area contributed by atoms with Crippen LogP contribution in [0.15, 0.2) is 83.8 Å². The van der Waals surface area contributed by atoms with Gasteiger partial charge in [-0.25, -0.2) is 8.42 Å². The lowest BCUT2D eigenvalue weighted by molar-refractivity contribution is -0.112. The zero-order chi connectivity index (χ0) is 32.9. The molecular formula is C35H39N3O7S. The summed E-state index contributed by atoms with van der Waals surface area (Å²) in [4.78, 5) is 29.5. The molecule has 0 spiro atoms. The van der Waals surface area contributed by atoms with Gasteiger partial charge in [0.1, 0.15) is 12.4 Å². The molecule has 1 aliphatic heterocycles. The molecule has 0 unspecified atom stereocenters. The van der Waals surface area contributed by atoms with Crippen LogP contribution >= 0.6 is 0 Å². The van der Waals surface area contributed by atoms with Crippen LogP contribution in [0.4, 0.5) is 11.4 Å². The van der Waals surface area contributed by atoms with Crippen LogP contribution in [0, 0.1) is 0 Å². The number of nitrogens with zero attached hydrogens (tertiary/aromatic N) is 1. The highest BCUT2D eigenvalue weighted by atomic mass is 32.2. The van der Waals surface area contributed by atoms with Crippen LogP contribution in [-0.4, -0.2) is 71.6 Å². The number of benzene rings is 4. The van der Waals surface area contributed by atoms with E-state index in [9.17, 15) is 18.0 Å². The highest BCUT2D eigenvalue weighted by Crippen LogP contribution is 2.40. The van der Waals surface area contributed by atoms with Crippen LogP contribution in [0.3, 0.4) is 0 Å². The third kappa shape index (κ3) is 7.50. The van der Waals surface area contributed by atoms with Crippen LogP contribution in [0.25, 0.3) is 10.8 Å². The molecule has 0 saturated carbocycles. The van der Waals surface area contributed by atoms with Crippen molar-refractivity contribution < 1.29 is 32.2 Å². The number of amides is 1. The Kier molecular flexibility index (Phi) is 9.95. The molecule has 1 heterocycles. The van der Waals surface area contributed by atoms with Crippen molar-refractivity contribution in [3.05, 3.63) is 90.0 Å². The fourth-order valence-corrected chi connectivity index (χ4v) is 6.33. The number of rotatable bonds is 11. The lowest BCUT2D eigenvalue weighted by Crippen LogP contribution is -2.38. The standard InChI is InChI=1S/C35H39N3O7S/c1-35(2,3)24-22-29(33(43-4)30(23-24)37-46(41,42)25-10-6-5-7-11-25)36-34(40)32(39)28-14-15-31(27-13-9-8-12-26(27)28)45-21-18-38-16-19-44-20-17-38/h5-15,22-23,37H,16-21H2,1-4H3,(H,36,40). The predicted octanol–water partition coefficient (Wildman–Crippen LogP) is 5.48. The molecule has 5 rings (SSSR count). The molecule has 11 heteroatoms. The van der Waals surface area contributed by atoms with Gasteiger partial charge in [0.15, 0.2) is 5.75 Å². The van der Waals surface area contributed by atoms with Crippen molar-refractivity contribution in [1.29, 1.82) is 0 Å². The second kappa shape index (κ2) is 13.9. The van der Waals surface area contributed by atoms with Gasteiger partial charge < -0.3 is 19.5 Å². The van der Waals surface area contributed by atoms with Gasteiger partial charge in [-0.15, -0.1) is 0 Å². The van der Waals surface area contributed by atoms with E-state index in [0.29, 0.717) is 41.9 Å². The Hall–Kier alpha value is -4.45. The Morgan fingerprint density at radius 3 is 2.22 bits per heavy atom. The Bertz CT molecular complexity index is 1830. The van der Waals surface area contributed by atoms with Crippen molar-refractivity contribution >= 4 is 43.9 Å². The zero-order valence-electron chi connectivity index (χ0n) is 26.5. The number of Topliss-reactive ketones (excluding diaryl/α,β-unsaturated/α-hetero) is 1. The minimum Gasteiger partial charge on any atom is -0.492 e. The number of ether oxygens (including phenoxy) is 3. The number of nitrogens with one attached hydrogen (secondary N) is 2. The molecule has 0 aliphatic carbocycles. The number of hydrogen-bond acceptors (Lipinski definition) is 8. The number of hydrogen-bond donors (Lipinski definition) is 2. The summed E-state index contributed by atoms with van der Waals surface area (Å²) in [6.45, 7) is 10.2. The van der Waals surface area contributed by atoms with Crippen LogP contribution in [0.2, 0.25) is 0 Å². The third-order valence-corrected chi connectivity index (χ3v) is 9.19. The van der Waals surface area contributed by atoms with Gasteiger partial charge in [0.05, 0.1) is 36.6 Å². The lowest BCUT2D eigenvalue weighted by atomic mass is 9.86. The third-order valence-electron chi connectivity index (χ3n) is 7.81. The summed E-state index contributed by atoms with van der Waals surface area (Å²) in [5.41, 5.74) is 0.781. The fraction of sp³-hybridized carbons (Fsp3) is 0.314. The Morgan fingerprint density at radius 1 is 0.891 bits per heavy atom. The summed E-state index contributed by atoms with van der Waals surface area (Å²) < 4.78 is 46.2. The molecular weight excluding hydrogens is 606 g/mol. The van der Waals surface area contributed by atoms with Crippen molar-refractivity contribution in [1.82, 2.24) is 4.90 Å². The first-order valence-corrected chi connectivity index (χ1v) is 16.6. The highest BCUT2D eigenvalue weighted by Gasteiger charge is 2.26. The number of carbonyl (C=O) groups excluding carboxylic acids is 2. The van der Waals surface area contributed by atoms with Crippen LogP contribution in [-0.2, 0) is 25.0 Å². The second-order valence-corrected chi connectivity index (χ2v) is 13.7. The fourth-order valence-electron chi connectivity index (χ4n) is 5.26. The van der Waals surface area contributed by atoms with Gasteiger partial charge in [-0.2, -0.15) is 0 Å². The summed E-state index contributed by atoms with van der Waals surface area (Å²) in [5, 5.41) is 3.99. The normalized spacial score (nSPS) is 14.1. The van der Waals surface area contributed by atoms with E-state index in [4.69, 9.17) is 14.2 Å². The van der Waals surface area contributed by atoms with E-state index >= 15 is 0 Å².